The van der Waals surface area contributed by atoms with E-state index in [1.165, 1.54) is 0 Å². The first kappa shape index (κ1) is 16.0. The molecule has 0 aromatic heterocycles. The number of hydrogen-bond donors (Lipinski definition) is 0. The summed E-state index contributed by atoms with van der Waals surface area (Å²) in [6.45, 7) is 9.04. The van der Waals surface area contributed by atoms with Crippen LogP contribution in [0.2, 0.25) is 0 Å². The average Bonchev–Trinajstić information content (AvgIpc) is 2.37. The molecule has 0 heterocycles. The van der Waals surface area contributed by atoms with E-state index in [2.05, 4.69) is 12.6 Å². The second-order valence-corrected chi connectivity index (χ2v) is 5.85. The Morgan fingerprint density at radius 2 is 1.95 bits per heavy atom. The monoisotopic (exact) mass is 271 g/mol. The van der Waals surface area contributed by atoms with Crippen LogP contribution in [0.25, 0.3) is 0 Å². The molecule has 0 saturated carbocycles. The molecule has 20 heavy (non-hydrogen) atoms. The topological polar surface area (TPSA) is 50.1 Å². The minimum Gasteiger partial charge on any atom is -0.459 e. The van der Waals surface area contributed by atoms with Crippen LogP contribution in [0.4, 0.5) is 0 Å². The molecule has 1 atom stereocenters. The Morgan fingerprint density at radius 1 is 1.35 bits per heavy atom. The van der Waals surface area contributed by atoms with E-state index in [9.17, 15) is 10.1 Å². The molecule has 0 aliphatic rings. The summed E-state index contributed by atoms with van der Waals surface area (Å²) >= 11 is 0. The van der Waals surface area contributed by atoms with Gasteiger partial charge in [-0.05, 0) is 32.8 Å². The highest BCUT2D eigenvalue weighted by Crippen LogP contribution is 2.30. The fraction of sp³-hybridized carbons (Fsp3) is 0.412. The summed E-state index contributed by atoms with van der Waals surface area (Å²) < 4.78 is 5.41. The Kier molecular flexibility index (Phi) is 5.10. The van der Waals surface area contributed by atoms with Crippen molar-refractivity contribution in [1.82, 2.24) is 0 Å². The van der Waals surface area contributed by atoms with Gasteiger partial charge in [-0.25, -0.2) is 0 Å². The van der Waals surface area contributed by atoms with E-state index >= 15 is 0 Å². The maximum Gasteiger partial charge on any atom is 0.327 e. The quantitative estimate of drug-likeness (QED) is 0.606. The Morgan fingerprint density at radius 3 is 2.40 bits per heavy atom. The number of carbonyl (C=O) groups is 1. The van der Waals surface area contributed by atoms with Crippen LogP contribution < -0.4 is 0 Å². The molecule has 3 heteroatoms. The highest BCUT2D eigenvalue weighted by molar-refractivity contribution is 5.81. The van der Waals surface area contributed by atoms with Crippen molar-refractivity contribution >= 4 is 5.97 Å². The van der Waals surface area contributed by atoms with Gasteiger partial charge in [0.25, 0.3) is 0 Å². The molecule has 0 aliphatic heterocycles. The molecule has 0 bridgehead atoms. The predicted octanol–water partition coefficient (Wildman–Crippen LogP) is 3.66. The van der Waals surface area contributed by atoms with Crippen LogP contribution in [-0.4, -0.2) is 11.6 Å². The van der Waals surface area contributed by atoms with Gasteiger partial charge in [0.05, 0.1) is 6.07 Å². The number of rotatable bonds is 5. The first-order valence-corrected chi connectivity index (χ1v) is 6.62. The molecule has 0 spiro atoms. The highest BCUT2D eigenvalue weighted by atomic mass is 16.6. The van der Waals surface area contributed by atoms with Gasteiger partial charge in [0, 0.05) is 6.42 Å². The van der Waals surface area contributed by atoms with E-state index in [1.807, 2.05) is 30.3 Å². The second kappa shape index (κ2) is 6.38. The van der Waals surface area contributed by atoms with E-state index in [0.717, 1.165) is 5.56 Å². The molecule has 0 fully saturated rings. The Balaban J connectivity index is 3.06. The zero-order valence-electron chi connectivity index (χ0n) is 12.3. The molecule has 1 aromatic carbocycles. The van der Waals surface area contributed by atoms with E-state index in [-0.39, 0.29) is 6.42 Å². The Bertz CT molecular complexity index is 508. The maximum absolute atomic E-state index is 12.4. The third-order valence-electron chi connectivity index (χ3n) is 2.85. The minimum atomic E-state index is -1.21. The molecule has 0 N–H and O–H groups in total. The third-order valence-corrected chi connectivity index (χ3v) is 2.85. The number of carbonyl (C=O) groups excluding carboxylic acids is 1. The van der Waals surface area contributed by atoms with E-state index in [0.29, 0.717) is 6.42 Å². The molecule has 1 aromatic rings. The first-order chi connectivity index (χ1) is 9.33. The van der Waals surface area contributed by atoms with Gasteiger partial charge in [0.15, 0.2) is 5.41 Å². The van der Waals surface area contributed by atoms with Gasteiger partial charge in [-0.15, -0.1) is 6.58 Å². The van der Waals surface area contributed by atoms with Crippen LogP contribution in [0, 0.1) is 16.7 Å². The third kappa shape index (κ3) is 4.24. The lowest BCUT2D eigenvalue weighted by Crippen LogP contribution is -2.38. The van der Waals surface area contributed by atoms with Gasteiger partial charge >= 0.3 is 5.97 Å². The van der Waals surface area contributed by atoms with Crippen molar-refractivity contribution in [2.75, 3.05) is 0 Å². The number of hydrogen-bond acceptors (Lipinski definition) is 3. The number of esters is 1. The van der Waals surface area contributed by atoms with Crippen molar-refractivity contribution in [2.24, 2.45) is 5.41 Å². The maximum atomic E-state index is 12.4. The molecular formula is C17H21NO2. The number of benzene rings is 1. The van der Waals surface area contributed by atoms with Gasteiger partial charge < -0.3 is 4.74 Å². The molecule has 106 valence electrons. The summed E-state index contributed by atoms with van der Waals surface area (Å²) in [5, 5.41) is 9.54. The summed E-state index contributed by atoms with van der Waals surface area (Å²) in [6.07, 6.45) is 2.19. The van der Waals surface area contributed by atoms with Crippen LogP contribution in [0.15, 0.2) is 43.0 Å². The van der Waals surface area contributed by atoms with Crippen LogP contribution in [0.5, 0.6) is 0 Å². The van der Waals surface area contributed by atoms with Crippen molar-refractivity contribution < 1.29 is 9.53 Å². The van der Waals surface area contributed by atoms with Crippen LogP contribution in [0.3, 0.4) is 0 Å². The summed E-state index contributed by atoms with van der Waals surface area (Å²) in [5.74, 6) is -0.490. The molecule has 0 aliphatic carbocycles. The number of allylic oxidation sites excluding steroid dienone is 1. The summed E-state index contributed by atoms with van der Waals surface area (Å²) in [6, 6.07) is 11.6. The van der Waals surface area contributed by atoms with Gasteiger partial charge in [0.2, 0.25) is 0 Å². The largest absolute Gasteiger partial charge is 0.459 e. The van der Waals surface area contributed by atoms with E-state index in [1.54, 1.807) is 26.8 Å². The minimum absolute atomic E-state index is 0.271. The van der Waals surface area contributed by atoms with Crippen molar-refractivity contribution in [3.63, 3.8) is 0 Å². The number of ether oxygens (including phenoxy) is 1. The normalized spacial score (nSPS) is 13.9. The van der Waals surface area contributed by atoms with Crippen molar-refractivity contribution in [1.29, 1.82) is 5.26 Å². The molecular weight excluding hydrogens is 250 g/mol. The van der Waals surface area contributed by atoms with E-state index < -0.39 is 17.0 Å². The van der Waals surface area contributed by atoms with Crippen molar-refractivity contribution in [2.45, 2.75) is 39.2 Å². The van der Waals surface area contributed by atoms with Crippen LogP contribution in [0.1, 0.15) is 32.8 Å². The van der Waals surface area contributed by atoms with Crippen LogP contribution >= 0.6 is 0 Å². The van der Waals surface area contributed by atoms with Gasteiger partial charge in [-0.2, -0.15) is 5.26 Å². The average molecular weight is 271 g/mol. The smallest absolute Gasteiger partial charge is 0.327 e. The van der Waals surface area contributed by atoms with Crippen LogP contribution in [-0.2, 0) is 16.0 Å². The van der Waals surface area contributed by atoms with Gasteiger partial charge in [-0.3, -0.25) is 4.79 Å². The molecule has 0 unspecified atom stereocenters. The molecule has 3 nitrogen and oxygen atoms in total. The number of nitrogens with zero attached hydrogens (tertiary/aromatic N) is 1. The Labute approximate surface area is 120 Å². The standard InChI is InChI=1S/C17H21NO2/c1-5-11-17(13-18,15(19)20-16(2,3)4)12-14-9-7-6-8-10-14/h5-10H,1,11-12H2,2-4H3/t17-/m1/s1. The first-order valence-electron chi connectivity index (χ1n) is 6.62. The Hall–Kier alpha value is -2.08. The summed E-state index contributed by atoms with van der Waals surface area (Å²) in [5.41, 5.74) is -0.894. The lowest BCUT2D eigenvalue weighted by molar-refractivity contribution is -0.164. The fourth-order valence-corrected chi connectivity index (χ4v) is 1.92. The number of nitriles is 1. The SMILES string of the molecule is C=CC[C@](C#N)(Cc1ccccc1)C(=O)OC(C)(C)C. The lowest BCUT2D eigenvalue weighted by atomic mass is 9.80. The summed E-state index contributed by atoms with van der Waals surface area (Å²) in [4.78, 5) is 12.4. The molecule has 0 amide bonds. The summed E-state index contributed by atoms with van der Waals surface area (Å²) in [7, 11) is 0. The van der Waals surface area contributed by atoms with Gasteiger partial charge in [-0.1, -0.05) is 36.4 Å². The lowest BCUT2D eigenvalue weighted by Gasteiger charge is -2.28. The molecule has 0 saturated heterocycles. The molecule has 0 radical (unpaired) electrons. The van der Waals surface area contributed by atoms with Gasteiger partial charge in [0.1, 0.15) is 5.60 Å². The predicted molar refractivity (Wildman–Crippen MR) is 78.9 cm³/mol. The van der Waals surface area contributed by atoms with Crippen molar-refractivity contribution in [3.05, 3.63) is 48.6 Å². The van der Waals surface area contributed by atoms with E-state index in [4.69, 9.17) is 4.74 Å². The fourth-order valence-electron chi connectivity index (χ4n) is 1.92. The second-order valence-electron chi connectivity index (χ2n) is 5.85. The highest BCUT2D eigenvalue weighted by Gasteiger charge is 2.41. The zero-order valence-corrected chi connectivity index (χ0v) is 12.3. The zero-order chi connectivity index (χ0) is 15.2. The van der Waals surface area contributed by atoms with Crippen molar-refractivity contribution in [3.8, 4) is 6.07 Å². The molecule has 1 rings (SSSR count).